The highest BCUT2D eigenvalue weighted by atomic mass is 35.5. The van der Waals surface area contributed by atoms with Gasteiger partial charge in [-0.05, 0) is 31.4 Å². The predicted octanol–water partition coefficient (Wildman–Crippen LogP) is 2.44. The molecule has 0 saturated heterocycles. The summed E-state index contributed by atoms with van der Waals surface area (Å²) in [5, 5.41) is 0.121. The lowest BCUT2D eigenvalue weighted by Crippen LogP contribution is -2.61. The summed E-state index contributed by atoms with van der Waals surface area (Å²) in [5.41, 5.74) is -0.140. The molecule has 2 rings (SSSR count). The lowest BCUT2D eigenvalue weighted by atomic mass is 9.91. The molecule has 1 unspecified atom stereocenters. The second kappa shape index (κ2) is 5.52. The highest BCUT2D eigenvalue weighted by molar-refractivity contribution is 6.28. The summed E-state index contributed by atoms with van der Waals surface area (Å²) < 4.78 is 12.6. The van der Waals surface area contributed by atoms with Gasteiger partial charge in [-0.25, -0.2) is 4.98 Å². The van der Waals surface area contributed by atoms with Crippen LogP contribution in [-0.4, -0.2) is 41.7 Å². The fourth-order valence-corrected chi connectivity index (χ4v) is 2.64. The number of aromatic nitrogens is 2. The number of nitrogens with zero attached hydrogens (tertiary/aromatic N) is 4. The average Bonchev–Trinajstić information content (AvgIpc) is 2.44. The zero-order valence-corrected chi connectivity index (χ0v) is 12.6. The Labute approximate surface area is 122 Å². The Bertz CT molecular complexity index is 527. The molecule has 1 aliphatic heterocycles. The van der Waals surface area contributed by atoms with Crippen LogP contribution in [0, 0.1) is 0 Å². The summed E-state index contributed by atoms with van der Waals surface area (Å²) in [6.45, 7) is 3.76. The Hall–Kier alpha value is -1.43. The average molecular weight is 301 g/mol. The largest absolute Gasteiger partial charge is 0.340 e. The van der Waals surface area contributed by atoms with E-state index in [0.29, 0.717) is 30.9 Å². The van der Waals surface area contributed by atoms with Crippen LogP contribution >= 0.6 is 11.6 Å². The molecule has 5 nitrogen and oxygen atoms in total. The van der Waals surface area contributed by atoms with Gasteiger partial charge in [0.25, 0.3) is 5.91 Å². The molecule has 2 heterocycles. The quantitative estimate of drug-likeness (QED) is 0.801. The van der Waals surface area contributed by atoms with E-state index in [4.69, 9.17) is 11.6 Å². The fraction of sp³-hybridized carbons (Fsp3) is 0.615. The van der Waals surface area contributed by atoms with Gasteiger partial charge in [0, 0.05) is 13.6 Å². The van der Waals surface area contributed by atoms with Crippen LogP contribution in [0.5, 0.6) is 0 Å². The summed E-state index contributed by atoms with van der Waals surface area (Å²) in [7, 11) is 1.69. The molecule has 0 radical (unpaired) electrons. The van der Waals surface area contributed by atoms with Crippen LogP contribution < -0.4 is 9.80 Å². The number of alkyl halides is 1. The van der Waals surface area contributed by atoms with Gasteiger partial charge in [-0.2, -0.15) is 4.98 Å². The number of likely N-dealkylation sites (N-methyl/N-ethyl adjacent to an activating group) is 1. The molecule has 1 aliphatic rings. The van der Waals surface area contributed by atoms with Crippen molar-refractivity contribution in [1.82, 2.24) is 9.97 Å². The molecule has 1 aromatic rings. The number of hydrogen-bond acceptors (Lipinski definition) is 4. The maximum absolute atomic E-state index is 12.6. The maximum atomic E-state index is 12.6. The Morgan fingerprint density at radius 3 is 2.80 bits per heavy atom. The van der Waals surface area contributed by atoms with Gasteiger partial charge < -0.3 is 9.80 Å². The van der Waals surface area contributed by atoms with E-state index in [1.807, 2.05) is 18.7 Å². The van der Waals surface area contributed by atoms with Crippen molar-refractivity contribution in [3.63, 3.8) is 0 Å². The van der Waals surface area contributed by atoms with E-state index in [2.05, 4.69) is 9.97 Å². The van der Waals surface area contributed by atoms with Crippen molar-refractivity contribution in [2.45, 2.75) is 32.2 Å². The monoisotopic (exact) mass is 300 g/mol. The molecule has 110 valence electrons. The number of halogens is 2. The van der Waals surface area contributed by atoms with Crippen molar-refractivity contribution in [3.8, 4) is 0 Å². The van der Waals surface area contributed by atoms with Crippen molar-refractivity contribution in [1.29, 1.82) is 0 Å². The fourth-order valence-electron chi connectivity index (χ4n) is 2.51. The molecule has 0 spiro atoms. The first-order valence-corrected chi connectivity index (χ1v) is 6.97. The maximum Gasteiger partial charge on any atom is 0.252 e. The van der Waals surface area contributed by atoms with Gasteiger partial charge in [0.1, 0.15) is 11.2 Å². The van der Waals surface area contributed by atoms with E-state index in [1.165, 1.54) is 6.20 Å². The Balaban J connectivity index is 2.56. The molecule has 0 saturated carbocycles. The number of fused-ring (bicyclic) bond motifs is 1. The minimum atomic E-state index is -0.741. The van der Waals surface area contributed by atoms with E-state index < -0.39 is 12.2 Å². The number of hydrogen-bond donors (Lipinski definition) is 0. The zero-order valence-electron chi connectivity index (χ0n) is 11.9. The van der Waals surface area contributed by atoms with E-state index >= 15 is 0 Å². The van der Waals surface area contributed by atoms with Crippen LogP contribution in [0.1, 0.15) is 26.7 Å². The molecule has 1 aromatic heterocycles. The first-order chi connectivity index (χ1) is 9.45. The Morgan fingerprint density at radius 2 is 2.20 bits per heavy atom. The topological polar surface area (TPSA) is 49.3 Å². The molecule has 0 aliphatic carbocycles. The molecule has 1 atom stereocenters. The highest BCUT2D eigenvalue weighted by Crippen LogP contribution is 2.39. The molecule has 0 aromatic carbocycles. The Morgan fingerprint density at radius 1 is 1.50 bits per heavy atom. The number of anilines is 2. The van der Waals surface area contributed by atoms with E-state index in [-0.39, 0.29) is 11.2 Å². The molecular weight excluding hydrogens is 283 g/mol. The smallest absolute Gasteiger partial charge is 0.252 e. The van der Waals surface area contributed by atoms with Crippen molar-refractivity contribution in [2.24, 2.45) is 0 Å². The summed E-state index contributed by atoms with van der Waals surface area (Å²) in [6, 6.07) is 0. The van der Waals surface area contributed by atoms with Crippen molar-refractivity contribution >= 4 is 29.0 Å². The molecule has 0 N–H and O–H groups in total. The second-order valence-electron chi connectivity index (χ2n) is 5.03. The van der Waals surface area contributed by atoms with Gasteiger partial charge in [-0.1, -0.05) is 6.92 Å². The first kappa shape index (κ1) is 15.0. The third kappa shape index (κ3) is 2.22. The van der Waals surface area contributed by atoms with Gasteiger partial charge in [-0.3, -0.25) is 9.18 Å². The molecule has 0 fully saturated rings. The van der Waals surface area contributed by atoms with Crippen LogP contribution in [-0.2, 0) is 4.79 Å². The van der Waals surface area contributed by atoms with Gasteiger partial charge in [0.2, 0.25) is 5.28 Å². The molecule has 0 bridgehead atoms. The molecular formula is C13H18ClFN4O. The lowest BCUT2D eigenvalue weighted by molar-refractivity contribution is -0.123. The third-order valence-corrected chi connectivity index (χ3v) is 4.08. The molecule has 20 heavy (non-hydrogen) atoms. The minimum Gasteiger partial charge on any atom is -0.340 e. The number of carbonyl (C=O) groups excluding carboxylic acids is 1. The number of carbonyl (C=O) groups is 1. The first-order valence-electron chi connectivity index (χ1n) is 6.60. The van der Waals surface area contributed by atoms with E-state index in [1.54, 1.807) is 11.9 Å². The standard InChI is InChI=1S/C13H18ClFN4O/c1-4-13(2)11(20)18(3)9-8-16-12(14)17-10(9)19(13)7-5-6-15/h8H,4-7H2,1-3H3. The summed E-state index contributed by atoms with van der Waals surface area (Å²) >= 11 is 5.87. The number of amides is 1. The van der Waals surface area contributed by atoms with Gasteiger partial charge in [-0.15, -0.1) is 0 Å². The van der Waals surface area contributed by atoms with E-state index in [9.17, 15) is 9.18 Å². The van der Waals surface area contributed by atoms with Crippen molar-refractivity contribution in [3.05, 3.63) is 11.5 Å². The normalized spacial score (nSPS) is 22.1. The summed E-state index contributed by atoms with van der Waals surface area (Å²) in [5.74, 6) is 0.544. The van der Waals surface area contributed by atoms with Gasteiger partial charge in [0.05, 0.1) is 12.9 Å². The van der Waals surface area contributed by atoms with Gasteiger partial charge >= 0.3 is 0 Å². The predicted molar refractivity (Wildman–Crippen MR) is 77.1 cm³/mol. The Kier molecular flexibility index (Phi) is 4.13. The third-order valence-electron chi connectivity index (χ3n) is 3.90. The van der Waals surface area contributed by atoms with Crippen LogP contribution in [0.25, 0.3) is 0 Å². The van der Waals surface area contributed by atoms with E-state index in [0.717, 1.165) is 0 Å². The molecule has 7 heteroatoms. The molecule has 1 amide bonds. The highest BCUT2D eigenvalue weighted by Gasteiger charge is 2.46. The summed E-state index contributed by atoms with van der Waals surface area (Å²) in [4.78, 5) is 24.2. The lowest BCUT2D eigenvalue weighted by Gasteiger charge is -2.47. The zero-order chi connectivity index (χ0) is 14.9. The SMILES string of the molecule is CCC1(C)C(=O)N(C)c2cnc(Cl)nc2N1CCCF. The van der Waals surface area contributed by atoms with Crippen molar-refractivity contribution in [2.75, 3.05) is 30.1 Å². The van der Waals surface area contributed by atoms with Crippen molar-refractivity contribution < 1.29 is 9.18 Å². The number of rotatable bonds is 4. The van der Waals surface area contributed by atoms with Crippen LogP contribution in [0.2, 0.25) is 5.28 Å². The van der Waals surface area contributed by atoms with Gasteiger partial charge in [0.15, 0.2) is 5.82 Å². The summed E-state index contributed by atoms with van der Waals surface area (Å²) in [6.07, 6.45) is 2.47. The van der Waals surface area contributed by atoms with Crippen LogP contribution in [0.3, 0.4) is 0 Å². The minimum absolute atomic E-state index is 0.0442. The van der Waals surface area contributed by atoms with Crippen LogP contribution in [0.4, 0.5) is 15.9 Å². The second-order valence-corrected chi connectivity index (χ2v) is 5.37. The van der Waals surface area contributed by atoms with Crippen LogP contribution in [0.15, 0.2) is 6.20 Å².